The fourth-order valence-corrected chi connectivity index (χ4v) is 3.18. The van der Waals surface area contributed by atoms with E-state index in [-0.39, 0.29) is 24.2 Å². The highest BCUT2D eigenvalue weighted by atomic mass is 16.6. The summed E-state index contributed by atoms with van der Waals surface area (Å²) >= 11 is 0. The van der Waals surface area contributed by atoms with E-state index in [4.69, 9.17) is 9.47 Å². The number of methoxy groups -OCH3 is 1. The van der Waals surface area contributed by atoms with E-state index >= 15 is 0 Å². The lowest BCUT2D eigenvalue weighted by molar-refractivity contribution is -0.131. The van der Waals surface area contributed by atoms with E-state index in [2.05, 4.69) is 16.0 Å². The predicted octanol–water partition coefficient (Wildman–Crippen LogP) is 0.831. The number of amides is 2. The molecule has 1 aromatic carbocycles. The molecule has 166 valence electrons. The van der Waals surface area contributed by atoms with Gasteiger partial charge in [-0.3, -0.25) is 14.4 Å². The zero-order valence-electron chi connectivity index (χ0n) is 18.4. The molecule has 2 unspecified atom stereocenters. The first-order chi connectivity index (χ1) is 14.2. The minimum Gasteiger partial charge on any atom is -0.497 e. The number of hydrogen-bond donors (Lipinski definition) is 3. The largest absolute Gasteiger partial charge is 0.497 e. The quantitative estimate of drug-likeness (QED) is 0.433. The number of rotatable bonds is 12. The Kier molecular flexibility index (Phi) is 8.37. The number of carbonyl (C=O) groups excluding carboxylic acids is 3. The van der Waals surface area contributed by atoms with Gasteiger partial charge in [0.25, 0.3) is 0 Å². The SMILES string of the molecule is CN[C@@H](Cc1ccc(OC)cc1)C(=O)NCC(=O)NC(CC(C)C)C(=O)C1(C)CO1. The van der Waals surface area contributed by atoms with Gasteiger partial charge in [0.2, 0.25) is 11.8 Å². The molecule has 2 amide bonds. The van der Waals surface area contributed by atoms with Crippen molar-refractivity contribution in [3.8, 4) is 5.75 Å². The third-order valence-corrected chi connectivity index (χ3v) is 5.14. The summed E-state index contributed by atoms with van der Waals surface area (Å²) in [7, 11) is 3.29. The monoisotopic (exact) mass is 419 g/mol. The average molecular weight is 420 g/mol. The summed E-state index contributed by atoms with van der Waals surface area (Å²) in [6.45, 7) is 5.89. The van der Waals surface area contributed by atoms with E-state index in [1.54, 1.807) is 21.1 Å². The maximum atomic E-state index is 12.6. The van der Waals surface area contributed by atoms with E-state index in [0.717, 1.165) is 11.3 Å². The van der Waals surface area contributed by atoms with Crippen molar-refractivity contribution < 1.29 is 23.9 Å². The van der Waals surface area contributed by atoms with Crippen LogP contribution < -0.4 is 20.7 Å². The Morgan fingerprint density at radius 3 is 2.30 bits per heavy atom. The van der Waals surface area contributed by atoms with Crippen LogP contribution in [0.1, 0.15) is 32.8 Å². The number of nitrogens with one attached hydrogen (secondary N) is 3. The minimum atomic E-state index is -0.800. The van der Waals surface area contributed by atoms with E-state index in [0.29, 0.717) is 19.4 Å². The molecule has 1 aromatic rings. The summed E-state index contributed by atoms with van der Waals surface area (Å²) < 4.78 is 10.4. The van der Waals surface area contributed by atoms with Crippen LogP contribution in [0.5, 0.6) is 5.75 Å². The van der Waals surface area contributed by atoms with Crippen LogP contribution in [0.3, 0.4) is 0 Å². The molecule has 0 bridgehead atoms. The number of Topliss-reactive ketones (excluding diaryl/α,β-unsaturated/α-hetero) is 1. The van der Waals surface area contributed by atoms with Gasteiger partial charge in [0, 0.05) is 0 Å². The third-order valence-electron chi connectivity index (χ3n) is 5.14. The van der Waals surface area contributed by atoms with Gasteiger partial charge in [0.15, 0.2) is 5.78 Å². The Labute approximate surface area is 178 Å². The van der Waals surface area contributed by atoms with Crippen LogP contribution in [-0.4, -0.2) is 62.6 Å². The summed E-state index contributed by atoms with van der Waals surface area (Å²) in [6, 6.07) is 6.35. The molecule has 8 nitrogen and oxygen atoms in total. The van der Waals surface area contributed by atoms with Crippen LogP contribution >= 0.6 is 0 Å². The molecule has 3 N–H and O–H groups in total. The Bertz CT molecular complexity index is 744. The normalized spacial score (nSPS) is 19.7. The van der Waals surface area contributed by atoms with E-state index < -0.39 is 23.6 Å². The number of hydrogen-bond acceptors (Lipinski definition) is 6. The van der Waals surface area contributed by atoms with E-state index in [1.165, 1.54) is 0 Å². The molecule has 2 rings (SSSR count). The van der Waals surface area contributed by atoms with Crippen LogP contribution in [0.25, 0.3) is 0 Å². The summed E-state index contributed by atoms with van der Waals surface area (Å²) in [5, 5.41) is 8.37. The van der Waals surface area contributed by atoms with Gasteiger partial charge in [-0.1, -0.05) is 26.0 Å². The molecule has 0 spiro atoms. The smallest absolute Gasteiger partial charge is 0.239 e. The van der Waals surface area contributed by atoms with Gasteiger partial charge in [0.1, 0.15) is 11.4 Å². The molecular weight excluding hydrogens is 386 g/mol. The topological polar surface area (TPSA) is 109 Å². The van der Waals surface area contributed by atoms with Crippen LogP contribution in [0, 0.1) is 5.92 Å². The van der Waals surface area contributed by atoms with Crippen LogP contribution in [0.15, 0.2) is 24.3 Å². The highest BCUT2D eigenvalue weighted by Crippen LogP contribution is 2.29. The first kappa shape index (κ1) is 23.8. The molecule has 0 saturated carbocycles. The first-order valence-electron chi connectivity index (χ1n) is 10.2. The van der Waals surface area contributed by atoms with Crippen LogP contribution in [-0.2, 0) is 25.5 Å². The summed E-state index contributed by atoms with van der Waals surface area (Å²) in [4.78, 5) is 37.5. The molecule has 0 aliphatic carbocycles. The van der Waals surface area contributed by atoms with Crippen molar-refractivity contribution in [2.45, 2.75) is 51.3 Å². The van der Waals surface area contributed by atoms with Crippen molar-refractivity contribution >= 4 is 17.6 Å². The second kappa shape index (κ2) is 10.5. The number of ketones is 1. The van der Waals surface area contributed by atoms with Gasteiger partial charge in [-0.05, 0) is 50.4 Å². The van der Waals surface area contributed by atoms with Gasteiger partial charge < -0.3 is 25.4 Å². The molecule has 8 heteroatoms. The lowest BCUT2D eigenvalue weighted by atomic mass is 9.93. The molecule has 30 heavy (non-hydrogen) atoms. The summed E-state index contributed by atoms with van der Waals surface area (Å²) in [6.07, 6.45) is 0.992. The summed E-state index contributed by atoms with van der Waals surface area (Å²) in [5.41, 5.74) is 0.168. The molecule has 3 atom stereocenters. The van der Waals surface area contributed by atoms with Crippen molar-refractivity contribution in [1.29, 1.82) is 0 Å². The number of likely N-dealkylation sites (N-methyl/N-ethyl adjacent to an activating group) is 1. The molecule has 0 aromatic heterocycles. The fourth-order valence-electron chi connectivity index (χ4n) is 3.18. The number of epoxide rings is 1. The van der Waals surface area contributed by atoms with Gasteiger partial charge >= 0.3 is 0 Å². The zero-order chi connectivity index (χ0) is 22.3. The molecule has 1 fully saturated rings. The Morgan fingerprint density at radius 1 is 1.17 bits per heavy atom. The first-order valence-corrected chi connectivity index (χ1v) is 10.2. The predicted molar refractivity (Wildman–Crippen MR) is 113 cm³/mol. The fraction of sp³-hybridized carbons (Fsp3) is 0.591. The molecule has 1 saturated heterocycles. The minimum absolute atomic E-state index is 0.122. The van der Waals surface area contributed by atoms with Crippen LogP contribution in [0.2, 0.25) is 0 Å². The van der Waals surface area contributed by atoms with E-state index in [1.807, 2.05) is 38.1 Å². The highest BCUT2D eigenvalue weighted by molar-refractivity contribution is 5.97. The molecule has 1 aliphatic rings. The highest BCUT2D eigenvalue weighted by Gasteiger charge is 2.50. The Balaban J connectivity index is 1.87. The molecular formula is C22H33N3O5. The van der Waals surface area contributed by atoms with Gasteiger partial charge in [-0.25, -0.2) is 0 Å². The van der Waals surface area contributed by atoms with Crippen molar-refractivity contribution in [2.75, 3.05) is 27.3 Å². The maximum absolute atomic E-state index is 12.6. The third kappa shape index (κ3) is 6.81. The van der Waals surface area contributed by atoms with Crippen molar-refractivity contribution in [1.82, 2.24) is 16.0 Å². The number of ether oxygens (including phenoxy) is 2. The number of carbonyl (C=O) groups is 3. The lowest BCUT2D eigenvalue weighted by Crippen LogP contribution is -2.51. The molecule has 1 aliphatic heterocycles. The van der Waals surface area contributed by atoms with Gasteiger partial charge in [-0.15, -0.1) is 0 Å². The molecule has 0 radical (unpaired) electrons. The van der Waals surface area contributed by atoms with Gasteiger partial charge in [0.05, 0.1) is 32.3 Å². The van der Waals surface area contributed by atoms with Gasteiger partial charge in [-0.2, -0.15) is 0 Å². The van der Waals surface area contributed by atoms with Crippen molar-refractivity contribution in [3.63, 3.8) is 0 Å². The Morgan fingerprint density at radius 2 is 1.80 bits per heavy atom. The van der Waals surface area contributed by atoms with E-state index in [9.17, 15) is 14.4 Å². The zero-order valence-corrected chi connectivity index (χ0v) is 18.4. The van der Waals surface area contributed by atoms with Crippen molar-refractivity contribution in [2.24, 2.45) is 5.92 Å². The number of benzene rings is 1. The molecule has 1 heterocycles. The second-order valence-electron chi connectivity index (χ2n) is 8.24. The van der Waals surface area contributed by atoms with Crippen LogP contribution in [0.4, 0.5) is 0 Å². The Hall–Kier alpha value is -2.45. The second-order valence-corrected chi connectivity index (χ2v) is 8.24. The lowest BCUT2D eigenvalue weighted by Gasteiger charge is -2.22. The average Bonchev–Trinajstić information content (AvgIpc) is 3.47. The van der Waals surface area contributed by atoms with Crippen molar-refractivity contribution in [3.05, 3.63) is 29.8 Å². The maximum Gasteiger partial charge on any atom is 0.239 e. The summed E-state index contributed by atoms with van der Waals surface area (Å²) in [5.74, 6) is 0.174. The standard InChI is InChI=1S/C22H33N3O5/c1-14(2)10-17(20(27)22(3)13-30-22)25-19(26)12-24-21(28)18(23-4)11-15-6-8-16(29-5)9-7-15/h6-9,14,17-18,23H,10-13H2,1-5H3,(H,24,28)(H,25,26)/t17?,18-,22?/m0/s1.